The summed E-state index contributed by atoms with van der Waals surface area (Å²) >= 11 is 0. The van der Waals surface area contributed by atoms with E-state index in [1.807, 2.05) is 0 Å². The number of nitrogens with zero attached hydrogens (tertiary/aromatic N) is 1. The fourth-order valence-electron chi connectivity index (χ4n) is 1.89. The van der Waals surface area contributed by atoms with Crippen molar-refractivity contribution in [2.45, 2.75) is 23.5 Å². The number of halogens is 3. The molecule has 0 radical (unpaired) electrons. The largest absolute Gasteiger partial charge is 0.573 e. The monoisotopic (exact) mass is 327 g/mol. The van der Waals surface area contributed by atoms with Crippen molar-refractivity contribution in [3.05, 3.63) is 24.3 Å². The molecule has 2 atom stereocenters. The quantitative estimate of drug-likeness (QED) is 0.834. The smallest absolute Gasteiger partial charge is 0.406 e. The minimum absolute atomic E-state index is 0.252. The summed E-state index contributed by atoms with van der Waals surface area (Å²) < 4.78 is 64.8. The fraction of sp³-hybridized carbons (Fsp3) is 0.455. The first-order valence-corrected chi connectivity index (χ1v) is 7.26. The van der Waals surface area contributed by atoms with Gasteiger partial charge in [0.15, 0.2) is 0 Å². The minimum atomic E-state index is -4.86. The van der Waals surface area contributed by atoms with Crippen LogP contribution < -0.4 is 4.74 Å². The second kappa shape index (κ2) is 5.44. The summed E-state index contributed by atoms with van der Waals surface area (Å²) in [5.74, 6) is -0.539. The Bertz CT molecular complexity index is 591. The van der Waals surface area contributed by atoms with Gasteiger partial charge in [-0.15, -0.1) is 13.2 Å². The summed E-state index contributed by atoms with van der Waals surface area (Å²) in [7, 11) is -3.99. The molecule has 0 bridgehead atoms. The van der Waals surface area contributed by atoms with Crippen LogP contribution in [0, 0.1) is 0 Å². The molecule has 0 aromatic heterocycles. The van der Waals surface area contributed by atoms with Crippen LogP contribution in [-0.4, -0.2) is 54.6 Å². The Labute approximate surface area is 118 Å². The van der Waals surface area contributed by atoms with Gasteiger partial charge in [0.25, 0.3) is 0 Å². The molecule has 0 aliphatic carbocycles. The van der Waals surface area contributed by atoms with Gasteiger partial charge in [0.05, 0.1) is 17.1 Å². The van der Waals surface area contributed by atoms with Crippen LogP contribution in [0.3, 0.4) is 0 Å². The molecule has 6 nitrogen and oxygen atoms in total. The summed E-state index contributed by atoms with van der Waals surface area (Å²) in [6, 6.07) is 3.69. The van der Waals surface area contributed by atoms with E-state index >= 15 is 0 Å². The molecule has 0 saturated carbocycles. The molecule has 1 heterocycles. The molecule has 1 aliphatic heterocycles. The van der Waals surface area contributed by atoms with Crippen molar-refractivity contribution in [2.75, 3.05) is 13.1 Å². The van der Waals surface area contributed by atoms with Crippen molar-refractivity contribution in [3.8, 4) is 5.75 Å². The van der Waals surface area contributed by atoms with Crippen LogP contribution in [-0.2, 0) is 10.0 Å². The Morgan fingerprint density at radius 2 is 1.57 bits per heavy atom. The van der Waals surface area contributed by atoms with E-state index in [9.17, 15) is 31.8 Å². The second-order valence-corrected chi connectivity index (χ2v) is 6.41. The van der Waals surface area contributed by atoms with Crippen molar-refractivity contribution < 1.29 is 36.5 Å². The zero-order valence-corrected chi connectivity index (χ0v) is 11.3. The molecule has 118 valence electrons. The van der Waals surface area contributed by atoms with Gasteiger partial charge < -0.3 is 14.9 Å². The van der Waals surface area contributed by atoms with Gasteiger partial charge in [0.2, 0.25) is 10.0 Å². The van der Waals surface area contributed by atoms with Crippen LogP contribution in [0.5, 0.6) is 5.75 Å². The van der Waals surface area contributed by atoms with Gasteiger partial charge in [-0.05, 0) is 24.3 Å². The molecule has 1 saturated heterocycles. The number of alkyl halides is 3. The predicted octanol–water partition coefficient (Wildman–Crippen LogP) is 0.311. The van der Waals surface area contributed by atoms with E-state index < -0.39 is 34.3 Å². The van der Waals surface area contributed by atoms with Crippen molar-refractivity contribution in [2.24, 2.45) is 0 Å². The summed E-state index contributed by atoms with van der Waals surface area (Å²) in [6.45, 7) is -0.547. The topological polar surface area (TPSA) is 87.1 Å². The van der Waals surface area contributed by atoms with Crippen molar-refractivity contribution >= 4 is 10.0 Å². The van der Waals surface area contributed by atoms with E-state index in [-0.39, 0.29) is 18.0 Å². The molecule has 0 spiro atoms. The van der Waals surface area contributed by atoms with Crippen molar-refractivity contribution in [1.29, 1.82) is 0 Å². The van der Waals surface area contributed by atoms with Crippen LogP contribution >= 0.6 is 0 Å². The van der Waals surface area contributed by atoms with E-state index in [0.29, 0.717) is 0 Å². The third-order valence-electron chi connectivity index (χ3n) is 2.92. The van der Waals surface area contributed by atoms with Crippen molar-refractivity contribution in [3.63, 3.8) is 0 Å². The molecule has 0 amide bonds. The molecule has 1 aromatic rings. The Kier molecular flexibility index (Phi) is 4.15. The van der Waals surface area contributed by atoms with E-state index in [4.69, 9.17) is 0 Å². The van der Waals surface area contributed by atoms with E-state index in [1.54, 1.807) is 0 Å². The molecule has 0 unspecified atom stereocenters. The highest BCUT2D eigenvalue weighted by atomic mass is 32.2. The summed E-state index contributed by atoms with van der Waals surface area (Å²) in [5.41, 5.74) is 0. The third kappa shape index (κ3) is 3.64. The first kappa shape index (κ1) is 16.0. The lowest BCUT2D eigenvalue weighted by molar-refractivity contribution is -0.274. The lowest BCUT2D eigenvalue weighted by atomic mass is 10.3. The standard InChI is InChI=1S/C11H12F3NO5S/c12-11(13,14)20-7-1-3-8(4-2-7)21(18,19)15-5-9(16)10(17)6-15/h1-4,9-10,16-17H,5-6H2/t9-,10-/m1/s1. The van der Waals surface area contributed by atoms with Gasteiger partial charge in [-0.1, -0.05) is 0 Å². The lowest BCUT2D eigenvalue weighted by Gasteiger charge is -2.16. The lowest BCUT2D eigenvalue weighted by Crippen LogP contribution is -2.30. The third-order valence-corrected chi connectivity index (χ3v) is 4.77. The van der Waals surface area contributed by atoms with E-state index in [1.165, 1.54) is 0 Å². The van der Waals surface area contributed by atoms with Crippen LogP contribution in [0.1, 0.15) is 0 Å². The average molecular weight is 327 g/mol. The minimum Gasteiger partial charge on any atom is -0.406 e. The summed E-state index contributed by atoms with van der Waals surface area (Å²) in [5, 5.41) is 18.7. The van der Waals surface area contributed by atoms with Crippen LogP contribution in [0.15, 0.2) is 29.2 Å². The van der Waals surface area contributed by atoms with Crippen LogP contribution in [0.2, 0.25) is 0 Å². The molecule has 1 aliphatic rings. The number of β-amino-alcohol motifs (C(OH)–C–C–N with tert-alkyl or cyclic N) is 2. The Balaban J connectivity index is 2.18. The SMILES string of the molecule is O=S(=O)(c1ccc(OC(F)(F)F)cc1)N1C[C@@H](O)[C@H](O)C1. The first-order valence-electron chi connectivity index (χ1n) is 5.82. The predicted molar refractivity (Wildman–Crippen MR) is 63.9 cm³/mol. The van der Waals surface area contributed by atoms with E-state index in [2.05, 4.69) is 4.74 Å². The van der Waals surface area contributed by atoms with Gasteiger partial charge >= 0.3 is 6.36 Å². The number of ether oxygens (including phenoxy) is 1. The Morgan fingerprint density at radius 1 is 1.10 bits per heavy atom. The molecule has 2 rings (SSSR count). The summed E-state index contributed by atoms with van der Waals surface area (Å²) in [4.78, 5) is -0.252. The van der Waals surface area contributed by atoms with Crippen molar-refractivity contribution in [1.82, 2.24) is 4.31 Å². The summed E-state index contributed by atoms with van der Waals surface area (Å²) in [6.07, 6.45) is -7.23. The number of benzene rings is 1. The van der Waals surface area contributed by atoms with Gasteiger partial charge in [-0.25, -0.2) is 8.42 Å². The number of rotatable bonds is 3. The maximum absolute atomic E-state index is 12.2. The molecular weight excluding hydrogens is 315 g/mol. The number of hydrogen-bond acceptors (Lipinski definition) is 5. The molecule has 1 fully saturated rings. The zero-order valence-electron chi connectivity index (χ0n) is 10.5. The Hall–Kier alpha value is -1.36. The molecular formula is C11H12F3NO5S. The van der Waals surface area contributed by atoms with E-state index in [0.717, 1.165) is 28.6 Å². The number of aliphatic hydroxyl groups is 2. The van der Waals surface area contributed by atoms with Gasteiger partial charge in [0, 0.05) is 13.1 Å². The molecule has 2 N–H and O–H groups in total. The maximum atomic E-state index is 12.2. The highest BCUT2D eigenvalue weighted by molar-refractivity contribution is 7.89. The molecule has 1 aromatic carbocycles. The van der Waals surface area contributed by atoms with Gasteiger partial charge in [-0.2, -0.15) is 4.31 Å². The van der Waals surface area contributed by atoms with Gasteiger partial charge in [0.1, 0.15) is 5.75 Å². The first-order chi connectivity index (χ1) is 9.59. The average Bonchev–Trinajstić information content (AvgIpc) is 2.69. The number of aliphatic hydroxyl groups excluding tert-OH is 2. The van der Waals surface area contributed by atoms with Gasteiger partial charge in [-0.3, -0.25) is 0 Å². The highest BCUT2D eigenvalue weighted by Crippen LogP contribution is 2.26. The highest BCUT2D eigenvalue weighted by Gasteiger charge is 2.37. The number of sulfonamides is 1. The second-order valence-electron chi connectivity index (χ2n) is 4.48. The normalized spacial score (nSPS) is 24.2. The molecule has 10 heteroatoms. The molecule has 21 heavy (non-hydrogen) atoms. The zero-order chi connectivity index (χ0) is 15.8. The van der Waals surface area contributed by atoms with Crippen LogP contribution in [0.25, 0.3) is 0 Å². The maximum Gasteiger partial charge on any atom is 0.573 e. The fourth-order valence-corrected chi connectivity index (χ4v) is 3.37. The van der Waals surface area contributed by atoms with Crippen LogP contribution in [0.4, 0.5) is 13.2 Å². The Morgan fingerprint density at radius 3 is 2.00 bits per heavy atom. The number of hydrogen-bond donors (Lipinski definition) is 2.